The predicted molar refractivity (Wildman–Crippen MR) is 81.8 cm³/mol. The van der Waals surface area contributed by atoms with Gasteiger partial charge in [-0.3, -0.25) is 14.5 Å². The summed E-state index contributed by atoms with van der Waals surface area (Å²) in [5.41, 5.74) is 0. The summed E-state index contributed by atoms with van der Waals surface area (Å²) in [5.74, 6) is 1.43. The van der Waals surface area contributed by atoms with Crippen LogP contribution in [0.2, 0.25) is 0 Å². The Hall–Kier alpha value is -1.14. The number of hydrogen-bond donors (Lipinski definition) is 2. The van der Waals surface area contributed by atoms with Gasteiger partial charge < -0.3 is 15.5 Å². The molecule has 0 aromatic heterocycles. The molecule has 0 radical (unpaired) electrons. The topological polar surface area (TPSA) is 64.7 Å². The maximum atomic E-state index is 12.2. The van der Waals surface area contributed by atoms with E-state index in [-0.39, 0.29) is 18.4 Å². The van der Waals surface area contributed by atoms with Gasteiger partial charge in [-0.25, -0.2) is 0 Å². The number of piperidine rings is 1. The molecule has 0 bridgehead atoms. The van der Waals surface area contributed by atoms with Gasteiger partial charge in [-0.1, -0.05) is 6.92 Å². The van der Waals surface area contributed by atoms with Gasteiger partial charge in [-0.05, 0) is 44.3 Å². The third kappa shape index (κ3) is 4.68. The summed E-state index contributed by atoms with van der Waals surface area (Å²) >= 11 is 0. The quantitative estimate of drug-likeness (QED) is 0.694. The van der Waals surface area contributed by atoms with Gasteiger partial charge in [0.15, 0.2) is 0 Å². The zero-order chi connectivity index (χ0) is 15.2. The molecule has 21 heavy (non-hydrogen) atoms. The highest BCUT2D eigenvalue weighted by molar-refractivity contribution is 5.85. The number of likely N-dealkylation sites (N-methyl/N-ethyl adjacent to an activating group) is 1. The lowest BCUT2D eigenvalue weighted by Crippen LogP contribution is -2.47. The van der Waals surface area contributed by atoms with E-state index in [4.69, 9.17) is 0 Å². The third-order valence-electron chi connectivity index (χ3n) is 4.53. The predicted octanol–water partition coefficient (Wildman–Crippen LogP) is -0.488. The molecule has 2 aliphatic heterocycles. The molecular formula is C15H28N4O2. The van der Waals surface area contributed by atoms with E-state index in [1.807, 2.05) is 6.92 Å². The second kappa shape index (κ2) is 7.75. The minimum Gasteiger partial charge on any atom is -0.355 e. The van der Waals surface area contributed by atoms with Crippen molar-refractivity contribution in [1.29, 1.82) is 0 Å². The minimum absolute atomic E-state index is 0.0334. The number of likely N-dealkylation sites (tertiary alicyclic amines) is 1. The highest BCUT2D eigenvalue weighted by Crippen LogP contribution is 2.26. The van der Waals surface area contributed by atoms with E-state index in [0.717, 1.165) is 38.5 Å². The summed E-state index contributed by atoms with van der Waals surface area (Å²) < 4.78 is 0. The second-order valence-electron chi connectivity index (χ2n) is 6.30. The van der Waals surface area contributed by atoms with Crippen LogP contribution in [0, 0.1) is 11.8 Å². The highest BCUT2D eigenvalue weighted by Gasteiger charge is 2.33. The zero-order valence-electron chi connectivity index (χ0n) is 13.2. The van der Waals surface area contributed by atoms with Crippen molar-refractivity contribution in [1.82, 2.24) is 20.4 Å². The molecule has 2 atom stereocenters. The lowest BCUT2D eigenvalue weighted by Gasteiger charge is -2.34. The molecule has 2 amide bonds. The van der Waals surface area contributed by atoms with Gasteiger partial charge in [-0.15, -0.1) is 0 Å². The van der Waals surface area contributed by atoms with Crippen molar-refractivity contribution in [3.63, 3.8) is 0 Å². The molecule has 2 aliphatic rings. The molecule has 0 spiro atoms. The van der Waals surface area contributed by atoms with Crippen LogP contribution >= 0.6 is 0 Å². The Bertz CT molecular complexity index is 375. The summed E-state index contributed by atoms with van der Waals surface area (Å²) in [6.45, 7) is 7.46. The van der Waals surface area contributed by atoms with Crippen LogP contribution < -0.4 is 10.6 Å². The van der Waals surface area contributed by atoms with Gasteiger partial charge >= 0.3 is 0 Å². The Morgan fingerprint density at radius 2 is 2.10 bits per heavy atom. The molecule has 2 saturated heterocycles. The first-order valence-corrected chi connectivity index (χ1v) is 8.04. The molecule has 2 fully saturated rings. The Kier molecular flexibility index (Phi) is 5.99. The lowest BCUT2D eigenvalue weighted by molar-refractivity contribution is -0.136. The highest BCUT2D eigenvalue weighted by atomic mass is 16.2. The number of hydrogen-bond acceptors (Lipinski definition) is 4. The van der Waals surface area contributed by atoms with Crippen molar-refractivity contribution in [2.24, 2.45) is 11.8 Å². The summed E-state index contributed by atoms with van der Waals surface area (Å²) in [4.78, 5) is 27.6. The number of fused-ring (bicyclic) bond motifs is 1. The minimum atomic E-state index is -0.0774. The number of carbonyl (C=O) groups is 2. The van der Waals surface area contributed by atoms with Crippen molar-refractivity contribution in [3.05, 3.63) is 0 Å². The molecule has 0 saturated carbocycles. The molecule has 2 heterocycles. The van der Waals surface area contributed by atoms with Crippen molar-refractivity contribution < 1.29 is 9.59 Å². The molecule has 0 aromatic rings. The SMILES string of the molecule is CCCNC(=O)CN(C)C(=O)CN1CCC2CNCC2C1. The standard InChI is InChI=1S/C15H28N4O2/c1-3-5-17-14(20)10-18(2)15(21)11-19-6-4-12-7-16-8-13(12)9-19/h12-13,16H,3-11H2,1-2H3,(H,17,20). The van der Waals surface area contributed by atoms with Crippen molar-refractivity contribution in [2.75, 3.05) is 52.9 Å². The first kappa shape index (κ1) is 16.2. The summed E-state index contributed by atoms with van der Waals surface area (Å²) in [5, 5.41) is 6.23. The zero-order valence-corrected chi connectivity index (χ0v) is 13.2. The molecule has 6 heteroatoms. The van der Waals surface area contributed by atoms with Crippen LogP contribution in [-0.2, 0) is 9.59 Å². The van der Waals surface area contributed by atoms with Crippen molar-refractivity contribution >= 4 is 11.8 Å². The Morgan fingerprint density at radius 3 is 2.86 bits per heavy atom. The van der Waals surface area contributed by atoms with E-state index in [1.54, 1.807) is 7.05 Å². The van der Waals surface area contributed by atoms with E-state index in [9.17, 15) is 9.59 Å². The maximum Gasteiger partial charge on any atom is 0.239 e. The van der Waals surface area contributed by atoms with Crippen LogP contribution in [0.3, 0.4) is 0 Å². The Labute approximate surface area is 127 Å². The molecule has 2 unspecified atom stereocenters. The Balaban J connectivity index is 1.72. The number of nitrogens with one attached hydrogen (secondary N) is 2. The number of rotatable bonds is 6. The van der Waals surface area contributed by atoms with Crippen LogP contribution in [0.5, 0.6) is 0 Å². The number of carbonyl (C=O) groups excluding carboxylic acids is 2. The van der Waals surface area contributed by atoms with Crippen LogP contribution in [0.1, 0.15) is 19.8 Å². The smallest absolute Gasteiger partial charge is 0.239 e. The van der Waals surface area contributed by atoms with Gasteiger partial charge in [0.05, 0.1) is 13.1 Å². The maximum absolute atomic E-state index is 12.2. The van der Waals surface area contributed by atoms with Gasteiger partial charge in [0.2, 0.25) is 11.8 Å². The van der Waals surface area contributed by atoms with E-state index in [1.165, 1.54) is 11.3 Å². The summed E-state index contributed by atoms with van der Waals surface area (Å²) in [6, 6.07) is 0. The molecule has 2 rings (SSSR count). The van der Waals surface area contributed by atoms with Gasteiger partial charge in [0.25, 0.3) is 0 Å². The largest absolute Gasteiger partial charge is 0.355 e. The van der Waals surface area contributed by atoms with Gasteiger partial charge in [0, 0.05) is 20.1 Å². The number of amides is 2. The van der Waals surface area contributed by atoms with Crippen molar-refractivity contribution in [3.8, 4) is 0 Å². The molecular weight excluding hydrogens is 268 g/mol. The van der Waals surface area contributed by atoms with E-state index >= 15 is 0 Å². The average Bonchev–Trinajstić information content (AvgIpc) is 2.92. The summed E-state index contributed by atoms with van der Waals surface area (Å²) in [6.07, 6.45) is 2.08. The number of nitrogens with zero attached hydrogens (tertiary/aromatic N) is 2. The fraction of sp³-hybridized carbons (Fsp3) is 0.867. The molecule has 2 N–H and O–H groups in total. The third-order valence-corrected chi connectivity index (χ3v) is 4.53. The molecule has 0 aliphatic carbocycles. The van der Waals surface area contributed by atoms with Crippen LogP contribution in [0.25, 0.3) is 0 Å². The van der Waals surface area contributed by atoms with E-state index in [2.05, 4.69) is 15.5 Å². The summed E-state index contributed by atoms with van der Waals surface area (Å²) in [7, 11) is 1.71. The molecule has 6 nitrogen and oxygen atoms in total. The van der Waals surface area contributed by atoms with E-state index in [0.29, 0.717) is 19.0 Å². The van der Waals surface area contributed by atoms with Crippen LogP contribution in [-0.4, -0.2) is 74.5 Å². The lowest BCUT2D eigenvalue weighted by atomic mass is 9.89. The average molecular weight is 296 g/mol. The first-order chi connectivity index (χ1) is 10.1. The van der Waals surface area contributed by atoms with Gasteiger partial charge in [0.1, 0.15) is 0 Å². The second-order valence-corrected chi connectivity index (χ2v) is 6.30. The fourth-order valence-electron chi connectivity index (χ4n) is 3.19. The monoisotopic (exact) mass is 296 g/mol. The normalized spacial score (nSPS) is 25.4. The van der Waals surface area contributed by atoms with E-state index < -0.39 is 0 Å². The first-order valence-electron chi connectivity index (χ1n) is 8.04. The van der Waals surface area contributed by atoms with Crippen LogP contribution in [0.15, 0.2) is 0 Å². The molecule has 0 aromatic carbocycles. The van der Waals surface area contributed by atoms with Gasteiger partial charge in [-0.2, -0.15) is 0 Å². The van der Waals surface area contributed by atoms with Crippen LogP contribution in [0.4, 0.5) is 0 Å². The Morgan fingerprint density at radius 1 is 1.33 bits per heavy atom. The fourth-order valence-corrected chi connectivity index (χ4v) is 3.19. The molecule has 120 valence electrons. The van der Waals surface area contributed by atoms with Crippen molar-refractivity contribution in [2.45, 2.75) is 19.8 Å².